The van der Waals surface area contributed by atoms with E-state index in [0.29, 0.717) is 46.0 Å². The highest BCUT2D eigenvalue weighted by atomic mass is 16.5. The molecule has 4 aromatic rings. The molecule has 0 atom stereocenters. The first kappa shape index (κ1) is 20.6. The lowest BCUT2D eigenvalue weighted by Crippen LogP contribution is -2.28. The van der Waals surface area contributed by atoms with E-state index < -0.39 is 0 Å². The van der Waals surface area contributed by atoms with Gasteiger partial charge in [-0.25, -0.2) is 0 Å². The highest BCUT2D eigenvalue weighted by Gasteiger charge is 2.16. The van der Waals surface area contributed by atoms with E-state index in [2.05, 4.69) is 5.32 Å². The predicted molar refractivity (Wildman–Crippen MR) is 127 cm³/mol. The molecule has 2 heterocycles. The Morgan fingerprint density at radius 1 is 0.969 bits per heavy atom. The average Bonchev–Trinajstić information content (AvgIpc) is 2.81. The molecule has 5 heteroatoms. The van der Waals surface area contributed by atoms with Crippen molar-refractivity contribution in [2.75, 3.05) is 19.7 Å². The molecule has 3 aromatic carbocycles. The first-order chi connectivity index (χ1) is 15.7. The van der Waals surface area contributed by atoms with E-state index in [9.17, 15) is 4.79 Å². The first-order valence-electron chi connectivity index (χ1n) is 11.2. The molecule has 1 saturated heterocycles. The van der Waals surface area contributed by atoms with Gasteiger partial charge in [0.2, 0.25) is 5.43 Å². The Balaban J connectivity index is 1.47. The third-order valence-corrected chi connectivity index (χ3v) is 6.07. The molecule has 0 spiro atoms. The van der Waals surface area contributed by atoms with Gasteiger partial charge in [0.05, 0.1) is 17.4 Å². The van der Waals surface area contributed by atoms with Crippen molar-refractivity contribution in [3.8, 4) is 17.2 Å². The van der Waals surface area contributed by atoms with Gasteiger partial charge in [0.25, 0.3) is 0 Å². The van der Waals surface area contributed by atoms with Crippen LogP contribution in [-0.2, 0) is 0 Å². The van der Waals surface area contributed by atoms with Crippen LogP contribution in [0.4, 0.5) is 0 Å². The lowest BCUT2D eigenvalue weighted by molar-refractivity contribution is 0.252. The van der Waals surface area contributed by atoms with Crippen molar-refractivity contribution in [3.05, 3.63) is 76.5 Å². The largest absolute Gasteiger partial charge is 0.490 e. The minimum Gasteiger partial charge on any atom is -0.490 e. The third-order valence-electron chi connectivity index (χ3n) is 6.07. The van der Waals surface area contributed by atoms with Gasteiger partial charge in [-0.3, -0.25) is 4.79 Å². The number of fused-ring (bicyclic) bond motifs is 2. The Labute approximate surface area is 187 Å². The van der Waals surface area contributed by atoms with E-state index in [4.69, 9.17) is 13.9 Å². The molecule has 0 bridgehead atoms. The number of ether oxygens (including phenoxy) is 2. The maximum absolute atomic E-state index is 13.2. The predicted octanol–water partition coefficient (Wildman–Crippen LogP) is 5.82. The van der Waals surface area contributed by atoms with E-state index in [1.807, 2.05) is 49.4 Å². The Bertz CT molecular complexity index is 1290. The summed E-state index contributed by atoms with van der Waals surface area (Å²) < 4.78 is 18.3. The zero-order valence-electron chi connectivity index (χ0n) is 18.2. The molecule has 1 aliphatic heterocycles. The van der Waals surface area contributed by atoms with E-state index in [1.165, 1.54) is 12.8 Å². The van der Waals surface area contributed by atoms with Gasteiger partial charge in [0, 0.05) is 6.07 Å². The number of hydrogen-bond donors (Lipinski definition) is 1. The zero-order chi connectivity index (χ0) is 21.9. The number of aryl methyl sites for hydroxylation is 1. The standard InChI is InChI=1S/C27H27NO4/c1-18-15-23-26(29)22-8-7-21(31-20-5-3-2-4-6-20)17-24(22)32-27(23)25(16-18)30-14-11-19-9-12-28-13-10-19/h2-8,15-17,19,28H,9-14H2,1H3. The maximum atomic E-state index is 13.2. The normalized spacial score (nSPS) is 14.7. The van der Waals surface area contributed by atoms with E-state index in [0.717, 1.165) is 30.8 Å². The minimum absolute atomic E-state index is 0.0561. The van der Waals surface area contributed by atoms with Crippen LogP contribution in [0, 0.1) is 12.8 Å². The van der Waals surface area contributed by atoms with Crippen LogP contribution in [-0.4, -0.2) is 19.7 Å². The van der Waals surface area contributed by atoms with Crippen LogP contribution in [0.15, 0.2) is 69.9 Å². The summed E-state index contributed by atoms with van der Waals surface area (Å²) in [5, 5.41) is 4.48. The Morgan fingerprint density at radius 2 is 1.78 bits per heavy atom. The van der Waals surface area contributed by atoms with Crippen molar-refractivity contribution < 1.29 is 13.9 Å². The summed E-state index contributed by atoms with van der Waals surface area (Å²) in [5.74, 6) is 2.65. The van der Waals surface area contributed by atoms with E-state index >= 15 is 0 Å². The fourth-order valence-corrected chi connectivity index (χ4v) is 4.34. The van der Waals surface area contributed by atoms with Crippen molar-refractivity contribution in [1.29, 1.82) is 0 Å². The Kier molecular flexibility index (Phi) is 5.82. The second kappa shape index (κ2) is 9.05. The minimum atomic E-state index is -0.0561. The zero-order valence-corrected chi connectivity index (χ0v) is 18.2. The van der Waals surface area contributed by atoms with Gasteiger partial charge in [0.15, 0.2) is 11.3 Å². The van der Waals surface area contributed by atoms with Gasteiger partial charge in [-0.2, -0.15) is 0 Å². The quantitative estimate of drug-likeness (QED) is 0.392. The molecule has 0 amide bonds. The van der Waals surface area contributed by atoms with Gasteiger partial charge in [-0.15, -0.1) is 0 Å². The number of hydrogen-bond acceptors (Lipinski definition) is 5. The van der Waals surface area contributed by atoms with Gasteiger partial charge in [0.1, 0.15) is 17.1 Å². The van der Waals surface area contributed by atoms with Gasteiger partial charge in [-0.1, -0.05) is 18.2 Å². The van der Waals surface area contributed by atoms with Crippen LogP contribution in [0.3, 0.4) is 0 Å². The van der Waals surface area contributed by atoms with E-state index in [1.54, 1.807) is 18.2 Å². The summed E-state index contributed by atoms with van der Waals surface area (Å²) in [6.45, 7) is 4.74. The average molecular weight is 430 g/mol. The number of nitrogens with one attached hydrogen (secondary N) is 1. The highest BCUT2D eigenvalue weighted by molar-refractivity contribution is 5.93. The molecule has 0 saturated carbocycles. The smallest absolute Gasteiger partial charge is 0.200 e. The van der Waals surface area contributed by atoms with Crippen molar-refractivity contribution in [3.63, 3.8) is 0 Å². The van der Waals surface area contributed by atoms with E-state index in [-0.39, 0.29) is 5.43 Å². The number of piperidine rings is 1. The second-order valence-corrected chi connectivity index (χ2v) is 8.47. The van der Waals surface area contributed by atoms with Crippen molar-refractivity contribution in [2.45, 2.75) is 26.2 Å². The van der Waals surface area contributed by atoms with Crippen molar-refractivity contribution in [1.82, 2.24) is 5.32 Å². The molecule has 5 nitrogen and oxygen atoms in total. The summed E-state index contributed by atoms with van der Waals surface area (Å²) in [6, 6.07) is 18.7. The third kappa shape index (κ3) is 4.34. The van der Waals surface area contributed by atoms with Crippen LogP contribution in [0.25, 0.3) is 21.9 Å². The molecular formula is C27H27NO4. The summed E-state index contributed by atoms with van der Waals surface area (Å²) in [5.41, 5.74) is 1.91. The summed E-state index contributed by atoms with van der Waals surface area (Å²) in [6.07, 6.45) is 3.37. The molecule has 1 N–H and O–H groups in total. The summed E-state index contributed by atoms with van der Waals surface area (Å²) >= 11 is 0. The molecule has 0 radical (unpaired) electrons. The monoisotopic (exact) mass is 429 g/mol. The van der Waals surface area contributed by atoms with Gasteiger partial charge >= 0.3 is 0 Å². The summed E-state index contributed by atoms with van der Waals surface area (Å²) in [4.78, 5) is 13.2. The van der Waals surface area contributed by atoms with Crippen LogP contribution < -0.4 is 20.2 Å². The van der Waals surface area contributed by atoms with Crippen molar-refractivity contribution >= 4 is 21.9 Å². The molecule has 1 aliphatic rings. The number of rotatable bonds is 6. The lowest BCUT2D eigenvalue weighted by atomic mass is 9.95. The number of benzene rings is 3. The fraction of sp³-hybridized carbons (Fsp3) is 0.296. The Morgan fingerprint density at radius 3 is 2.59 bits per heavy atom. The van der Waals surface area contributed by atoms with Crippen LogP contribution in [0.5, 0.6) is 17.2 Å². The SMILES string of the molecule is Cc1cc(OCCC2CCNCC2)c2oc3cc(Oc4ccccc4)ccc3c(=O)c2c1. The Hall–Kier alpha value is -3.31. The molecule has 164 valence electrons. The lowest BCUT2D eigenvalue weighted by Gasteiger charge is -2.22. The molecule has 0 unspecified atom stereocenters. The van der Waals surface area contributed by atoms with Crippen molar-refractivity contribution in [2.24, 2.45) is 5.92 Å². The van der Waals surface area contributed by atoms with Crippen LogP contribution >= 0.6 is 0 Å². The molecule has 32 heavy (non-hydrogen) atoms. The first-order valence-corrected chi connectivity index (χ1v) is 11.2. The number of para-hydroxylation sites is 1. The molecule has 1 fully saturated rings. The highest BCUT2D eigenvalue weighted by Crippen LogP contribution is 2.31. The van der Waals surface area contributed by atoms with Crippen LogP contribution in [0.2, 0.25) is 0 Å². The van der Waals surface area contributed by atoms with Gasteiger partial charge in [-0.05, 0) is 87.2 Å². The molecule has 5 rings (SSSR count). The molecule has 0 aliphatic carbocycles. The fourth-order valence-electron chi connectivity index (χ4n) is 4.34. The molecule has 1 aromatic heterocycles. The second-order valence-electron chi connectivity index (χ2n) is 8.47. The topological polar surface area (TPSA) is 60.7 Å². The maximum Gasteiger partial charge on any atom is 0.200 e. The van der Waals surface area contributed by atoms with Crippen LogP contribution in [0.1, 0.15) is 24.8 Å². The summed E-state index contributed by atoms with van der Waals surface area (Å²) in [7, 11) is 0. The molecular weight excluding hydrogens is 402 g/mol. The van der Waals surface area contributed by atoms with Gasteiger partial charge < -0.3 is 19.2 Å².